The van der Waals surface area contributed by atoms with Gasteiger partial charge in [-0.05, 0) is 44.8 Å². The SMILES string of the molecule is CNCCCNCc1cc(Cl)ccc1OC. The quantitative estimate of drug-likeness (QED) is 0.718. The summed E-state index contributed by atoms with van der Waals surface area (Å²) in [5.74, 6) is 0.880. The van der Waals surface area contributed by atoms with Crippen LogP contribution in [-0.2, 0) is 6.54 Å². The predicted molar refractivity (Wildman–Crippen MR) is 68.3 cm³/mol. The molecule has 0 fully saturated rings. The average molecular weight is 243 g/mol. The van der Waals surface area contributed by atoms with Crippen LogP contribution in [-0.4, -0.2) is 27.2 Å². The van der Waals surface area contributed by atoms with Crippen LogP contribution in [0, 0.1) is 0 Å². The molecule has 0 saturated heterocycles. The molecule has 0 spiro atoms. The number of halogens is 1. The zero-order valence-electron chi connectivity index (χ0n) is 9.85. The molecular formula is C12H19ClN2O. The summed E-state index contributed by atoms with van der Waals surface area (Å²) in [6.07, 6.45) is 1.11. The number of methoxy groups -OCH3 is 1. The van der Waals surface area contributed by atoms with E-state index in [0.29, 0.717) is 0 Å². The molecular weight excluding hydrogens is 224 g/mol. The van der Waals surface area contributed by atoms with Gasteiger partial charge >= 0.3 is 0 Å². The second-order valence-electron chi connectivity index (χ2n) is 3.59. The van der Waals surface area contributed by atoms with Crippen molar-refractivity contribution in [2.45, 2.75) is 13.0 Å². The number of rotatable bonds is 7. The molecule has 1 aromatic rings. The fourth-order valence-corrected chi connectivity index (χ4v) is 1.69. The Hall–Kier alpha value is -0.770. The minimum atomic E-state index is 0.743. The molecule has 1 rings (SSSR count). The van der Waals surface area contributed by atoms with Gasteiger partial charge in [0, 0.05) is 17.1 Å². The first-order chi connectivity index (χ1) is 7.77. The van der Waals surface area contributed by atoms with Crippen LogP contribution in [0.2, 0.25) is 5.02 Å². The molecule has 4 heteroatoms. The Balaban J connectivity index is 2.42. The highest BCUT2D eigenvalue weighted by Gasteiger charge is 2.02. The molecule has 0 atom stereocenters. The van der Waals surface area contributed by atoms with E-state index in [1.807, 2.05) is 25.2 Å². The van der Waals surface area contributed by atoms with Crippen LogP contribution in [0.4, 0.5) is 0 Å². The molecule has 1 aromatic carbocycles. The minimum Gasteiger partial charge on any atom is -0.496 e. The van der Waals surface area contributed by atoms with E-state index < -0.39 is 0 Å². The standard InChI is InChI=1S/C12H19ClN2O/c1-14-6-3-7-15-9-10-8-11(13)4-5-12(10)16-2/h4-5,8,14-15H,3,6-7,9H2,1-2H3. The Morgan fingerprint density at radius 2 is 2.12 bits per heavy atom. The highest BCUT2D eigenvalue weighted by molar-refractivity contribution is 6.30. The van der Waals surface area contributed by atoms with Crippen LogP contribution in [0.5, 0.6) is 5.75 Å². The average Bonchev–Trinajstić information content (AvgIpc) is 2.29. The Kier molecular flexibility index (Phi) is 6.23. The summed E-state index contributed by atoms with van der Waals surface area (Å²) in [5.41, 5.74) is 1.10. The lowest BCUT2D eigenvalue weighted by atomic mass is 10.2. The van der Waals surface area contributed by atoms with Crippen molar-refractivity contribution in [3.8, 4) is 5.75 Å². The maximum Gasteiger partial charge on any atom is 0.123 e. The summed E-state index contributed by atoms with van der Waals surface area (Å²) in [4.78, 5) is 0. The first-order valence-electron chi connectivity index (χ1n) is 5.45. The molecule has 0 amide bonds. The van der Waals surface area contributed by atoms with E-state index in [4.69, 9.17) is 16.3 Å². The zero-order chi connectivity index (χ0) is 11.8. The van der Waals surface area contributed by atoms with Gasteiger partial charge in [0.05, 0.1) is 7.11 Å². The molecule has 0 aliphatic heterocycles. The van der Waals surface area contributed by atoms with Gasteiger partial charge in [0.25, 0.3) is 0 Å². The summed E-state index contributed by atoms with van der Waals surface area (Å²) in [7, 11) is 3.63. The van der Waals surface area contributed by atoms with Gasteiger partial charge in [-0.3, -0.25) is 0 Å². The summed E-state index contributed by atoms with van der Waals surface area (Å²) in [6, 6.07) is 5.67. The van der Waals surface area contributed by atoms with Crippen molar-refractivity contribution in [3.63, 3.8) is 0 Å². The number of ether oxygens (including phenoxy) is 1. The van der Waals surface area contributed by atoms with Gasteiger partial charge in [-0.1, -0.05) is 11.6 Å². The van der Waals surface area contributed by atoms with Crippen molar-refractivity contribution < 1.29 is 4.74 Å². The van der Waals surface area contributed by atoms with E-state index in [-0.39, 0.29) is 0 Å². The third-order valence-electron chi connectivity index (χ3n) is 2.34. The molecule has 0 saturated carbocycles. The van der Waals surface area contributed by atoms with E-state index in [9.17, 15) is 0 Å². The van der Waals surface area contributed by atoms with E-state index >= 15 is 0 Å². The van der Waals surface area contributed by atoms with Crippen LogP contribution in [0.25, 0.3) is 0 Å². The smallest absolute Gasteiger partial charge is 0.123 e. The molecule has 0 radical (unpaired) electrons. The van der Waals surface area contributed by atoms with Crippen LogP contribution >= 0.6 is 11.6 Å². The van der Waals surface area contributed by atoms with Gasteiger partial charge in [-0.25, -0.2) is 0 Å². The lowest BCUT2D eigenvalue weighted by molar-refractivity contribution is 0.407. The molecule has 16 heavy (non-hydrogen) atoms. The monoisotopic (exact) mass is 242 g/mol. The maximum atomic E-state index is 5.94. The van der Waals surface area contributed by atoms with Crippen molar-refractivity contribution in [2.24, 2.45) is 0 Å². The van der Waals surface area contributed by atoms with E-state index in [2.05, 4.69) is 10.6 Å². The van der Waals surface area contributed by atoms with Gasteiger partial charge in [0.15, 0.2) is 0 Å². The van der Waals surface area contributed by atoms with E-state index in [0.717, 1.165) is 42.4 Å². The van der Waals surface area contributed by atoms with Crippen molar-refractivity contribution in [2.75, 3.05) is 27.2 Å². The first kappa shape index (κ1) is 13.3. The summed E-state index contributed by atoms with van der Waals surface area (Å²) >= 11 is 5.94. The summed E-state index contributed by atoms with van der Waals surface area (Å²) in [5, 5.41) is 7.22. The highest BCUT2D eigenvalue weighted by atomic mass is 35.5. The van der Waals surface area contributed by atoms with Gasteiger partial charge in [0.2, 0.25) is 0 Å². The van der Waals surface area contributed by atoms with Crippen molar-refractivity contribution >= 4 is 11.6 Å². The number of hydrogen-bond acceptors (Lipinski definition) is 3. The predicted octanol–water partition coefficient (Wildman–Crippen LogP) is 2.05. The van der Waals surface area contributed by atoms with Gasteiger partial charge in [-0.15, -0.1) is 0 Å². The number of benzene rings is 1. The number of hydrogen-bond donors (Lipinski definition) is 2. The fourth-order valence-electron chi connectivity index (χ4n) is 1.50. The fraction of sp³-hybridized carbons (Fsp3) is 0.500. The molecule has 90 valence electrons. The maximum absolute atomic E-state index is 5.94. The molecule has 0 bridgehead atoms. The Bertz CT molecular complexity index is 318. The Labute approximate surface area is 102 Å². The third kappa shape index (κ3) is 4.39. The second-order valence-corrected chi connectivity index (χ2v) is 4.03. The molecule has 0 aliphatic rings. The van der Waals surface area contributed by atoms with Gasteiger partial charge < -0.3 is 15.4 Å². The van der Waals surface area contributed by atoms with Crippen molar-refractivity contribution in [1.29, 1.82) is 0 Å². The summed E-state index contributed by atoms with van der Waals surface area (Å²) in [6.45, 7) is 2.80. The molecule has 0 aromatic heterocycles. The molecule has 0 heterocycles. The number of nitrogens with one attached hydrogen (secondary N) is 2. The molecule has 3 nitrogen and oxygen atoms in total. The van der Waals surface area contributed by atoms with Gasteiger partial charge in [0.1, 0.15) is 5.75 Å². The van der Waals surface area contributed by atoms with Crippen LogP contribution in [0.3, 0.4) is 0 Å². The van der Waals surface area contributed by atoms with Crippen molar-refractivity contribution in [3.05, 3.63) is 28.8 Å². The van der Waals surface area contributed by atoms with Crippen LogP contribution in [0.1, 0.15) is 12.0 Å². The molecule has 0 unspecified atom stereocenters. The van der Waals surface area contributed by atoms with Crippen LogP contribution < -0.4 is 15.4 Å². The zero-order valence-corrected chi connectivity index (χ0v) is 10.6. The lowest BCUT2D eigenvalue weighted by Gasteiger charge is -2.10. The molecule has 2 N–H and O–H groups in total. The van der Waals surface area contributed by atoms with Gasteiger partial charge in [-0.2, -0.15) is 0 Å². The van der Waals surface area contributed by atoms with E-state index in [1.54, 1.807) is 7.11 Å². The third-order valence-corrected chi connectivity index (χ3v) is 2.57. The molecule has 0 aliphatic carbocycles. The summed E-state index contributed by atoms with van der Waals surface area (Å²) < 4.78 is 5.27. The van der Waals surface area contributed by atoms with Crippen molar-refractivity contribution in [1.82, 2.24) is 10.6 Å². The largest absolute Gasteiger partial charge is 0.496 e. The topological polar surface area (TPSA) is 33.3 Å². The normalized spacial score (nSPS) is 10.4. The first-order valence-corrected chi connectivity index (χ1v) is 5.83. The second kappa shape index (κ2) is 7.49. The van der Waals surface area contributed by atoms with Crippen LogP contribution in [0.15, 0.2) is 18.2 Å². The highest BCUT2D eigenvalue weighted by Crippen LogP contribution is 2.22. The lowest BCUT2D eigenvalue weighted by Crippen LogP contribution is -2.19. The Morgan fingerprint density at radius 1 is 1.31 bits per heavy atom. The Morgan fingerprint density at radius 3 is 2.81 bits per heavy atom. The van der Waals surface area contributed by atoms with E-state index in [1.165, 1.54) is 0 Å². The minimum absolute atomic E-state index is 0.743.